The molecule has 1 aliphatic rings. The van der Waals surface area contributed by atoms with Crippen molar-refractivity contribution in [2.75, 3.05) is 13.1 Å². The van der Waals surface area contributed by atoms with Crippen LogP contribution in [0.4, 0.5) is 0 Å². The standard InChI is InChI=1S/C16H24ClNO2/c1-6-18(7-2)15-14(19)11-9-12(17)10(3)8-13(11)20-16(15,4)5/h8-9,14-15,19H,6-7H2,1-5H3. The van der Waals surface area contributed by atoms with Crippen molar-refractivity contribution >= 4 is 11.6 Å². The van der Waals surface area contributed by atoms with Crippen LogP contribution >= 0.6 is 11.6 Å². The van der Waals surface area contributed by atoms with Gasteiger partial charge in [-0.25, -0.2) is 0 Å². The van der Waals surface area contributed by atoms with E-state index >= 15 is 0 Å². The monoisotopic (exact) mass is 297 g/mol. The lowest BCUT2D eigenvalue weighted by Gasteiger charge is -2.47. The van der Waals surface area contributed by atoms with Crippen molar-refractivity contribution in [3.05, 3.63) is 28.3 Å². The molecule has 0 aliphatic carbocycles. The van der Waals surface area contributed by atoms with E-state index in [0.29, 0.717) is 5.02 Å². The largest absolute Gasteiger partial charge is 0.486 e. The summed E-state index contributed by atoms with van der Waals surface area (Å²) >= 11 is 6.20. The number of halogens is 1. The Kier molecular flexibility index (Phi) is 4.33. The van der Waals surface area contributed by atoms with Crippen LogP contribution in [-0.2, 0) is 0 Å². The Morgan fingerprint density at radius 1 is 1.30 bits per heavy atom. The fourth-order valence-corrected chi connectivity index (χ4v) is 3.31. The predicted octanol–water partition coefficient (Wildman–Crippen LogP) is 3.56. The van der Waals surface area contributed by atoms with Gasteiger partial charge in [0.2, 0.25) is 0 Å². The van der Waals surface area contributed by atoms with Gasteiger partial charge < -0.3 is 9.84 Å². The van der Waals surface area contributed by atoms with Crippen LogP contribution in [0, 0.1) is 6.92 Å². The minimum Gasteiger partial charge on any atom is -0.486 e. The number of hydrogen-bond donors (Lipinski definition) is 1. The average molecular weight is 298 g/mol. The van der Waals surface area contributed by atoms with Gasteiger partial charge in [-0.15, -0.1) is 0 Å². The van der Waals surface area contributed by atoms with E-state index in [1.165, 1.54) is 0 Å². The van der Waals surface area contributed by atoms with Crippen LogP contribution in [0.2, 0.25) is 5.02 Å². The normalized spacial score (nSPS) is 24.4. The fraction of sp³-hybridized carbons (Fsp3) is 0.625. The summed E-state index contributed by atoms with van der Waals surface area (Å²) in [5, 5.41) is 11.5. The lowest BCUT2D eigenvalue weighted by Crippen LogP contribution is -2.57. The molecule has 2 atom stereocenters. The van der Waals surface area contributed by atoms with Gasteiger partial charge in [-0.1, -0.05) is 25.4 Å². The molecule has 0 spiro atoms. The second-order valence-corrected chi connectivity index (χ2v) is 6.36. The lowest BCUT2D eigenvalue weighted by atomic mass is 9.84. The van der Waals surface area contributed by atoms with E-state index in [0.717, 1.165) is 30.0 Å². The van der Waals surface area contributed by atoms with Crippen LogP contribution in [0.1, 0.15) is 44.9 Å². The third-order valence-corrected chi connectivity index (χ3v) is 4.61. The van der Waals surface area contributed by atoms with Crippen LogP contribution < -0.4 is 4.74 Å². The van der Waals surface area contributed by atoms with Crippen LogP contribution in [-0.4, -0.2) is 34.7 Å². The number of aryl methyl sites for hydroxylation is 1. The summed E-state index contributed by atoms with van der Waals surface area (Å²) in [6.45, 7) is 12.0. The Balaban J connectivity index is 2.50. The highest BCUT2D eigenvalue weighted by Crippen LogP contribution is 2.43. The molecule has 0 aromatic heterocycles. The first-order valence-corrected chi connectivity index (χ1v) is 7.60. The van der Waals surface area contributed by atoms with Crippen molar-refractivity contribution < 1.29 is 9.84 Å². The molecule has 1 aromatic rings. The van der Waals surface area contributed by atoms with Crippen LogP contribution in [0.5, 0.6) is 5.75 Å². The molecule has 1 N–H and O–H groups in total. The number of aliphatic hydroxyl groups is 1. The minimum atomic E-state index is -0.591. The van der Waals surface area contributed by atoms with E-state index in [-0.39, 0.29) is 6.04 Å². The van der Waals surface area contributed by atoms with Crippen molar-refractivity contribution in [3.8, 4) is 5.75 Å². The highest BCUT2D eigenvalue weighted by atomic mass is 35.5. The summed E-state index contributed by atoms with van der Waals surface area (Å²) in [7, 11) is 0. The third kappa shape index (κ3) is 2.54. The summed E-state index contributed by atoms with van der Waals surface area (Å²) in [6, 6.07) is 3.67. The fourth-order valence-electron chi connectivity index (χ4n) is 3.14. The molecule has 0 saturated heterocycles. The van der Waals surface area contributed by atoms with Gasteiger partial charge in [-0.05, 0) is 51.6 Å². The average Bonchev–Trinajstić information content (AvgIpc) is 2.37. The Morgan fingerprint density at radius 3 is 2.45 bits per heavy atom. The maximum atomic E-state index is 10.8. The quantitative estimate of drug-likeness (QED) is 0.926. The van der Waals surface area contributed by atoms with Crippen molar-refractivity contribution in [2.45, 2.75) is 52.4 Å². The van der Waals surface area contributed by atoms with E-state index in [1.54, 1.807) is 0 Å². The molecule has 1 heterocycles. The van der Waals surface area contributed by atoms with E-state index < -0.39 is 11.7 Å². The highest BCUT2D eigenvalue weighted by molar-refractivity contribution is 6.31. The van der Waals surface area contributed by atoms with E-state index in [1.807, 2.05) is 32.9 Å². The molecule has 3 nitrogen and oxygen atoms in total. The van der Waals surface area contributed by atoms with Crippen molar-refractivity contribution in [3.63, 3.8) is 0 Å². The first-order chi connectivity index (χ1) is 9.31. The van der Waals surface area contributed by atoms with E-state index in [2.05, 4.69) is 18.7 Å². The van der Waals surface area contributed by atoms with Crippen LogP contribution in [0.15, 0.2) is 12.1 Å². The molecule has 2 rings (SSSR count). The molecule has 2 unspecified atom stereocenters. The lowest BCUT2D eigenvalue weighted by molar-refractivity contribution is -0.0799. The SMILES string of the molecule is CCN(CC)C1C(O)c2cc(Cl)c(C)cc2OC1(C)C. The van der Waals surface area contributed by atoms with Gasteiger partial charge in [0, 0.05) is 10.6 Å². The Labute approximate surface area is 126 Å². The summed E-state index contributed by atoms with van der Waals surface area (Å²) < 4.78 is 6.16. The molecule has 0 amide bonds. The summed E-state index contributed by atoms with van der Waals surface area (Å²) in [5.41, 5.74) is 1.31. The summed E-state index contributed by atoms with van der Waals surface area (Å²) in [6.07, 6.45) is -0.591. The smallest absolute Gasteiger partial charge is 0.126 e. The molecule has 112 valence electrons. The number of nitrogens with zero attached hydrogens (tertiary/aromatic N) is 1. The van der Waals surface area contributed by atoms with Crippen LogP contribution in [0.25, 0.3) is 0 Å². The number of fused-ring (bicyclic) bond motifs is 1. The van der Waals surface area contributed by atoms with E-state index in [4.69, 9.17) is 16.3 Å². The number of rotatable bonds is 3. The first-order valence-electron chi connectivity index (χ1n) is 7.23. The summed E-state index contributed by atoms with van der Waals surface area (Å²) in [4.78, 5) is 2.24. The molecule has 0 fully saturated rings. The van der Waals surface area contributed by atoms with Gasteiger partial charge >= 0.3 is 0 Å². The predicted molar refractivity (Wildman–Crippen MR) is 82.6 cm³/mol. The molecule has 0 bridgehead atoms. The molecule has 4 heteroatoms. The van der Waals surface area contributed by atoms with Crippen molar-refractivity contribution in [2.24, 2.45) is 0 Å². The molecular weight excluding hydrogens is 274 g/mol. The third-order valence-electron chi connectivity index (χ3n) is 4.20. The second-order valence-electron chi connectivity index (χ2n) is 5.96. The zero-order chi connectivity index (χ0) is 15.1. The Hall–Kier alpha value is -0.770. The highest BCUT2D eigenvalue weighted by Gasteiger charge is 2.45. The summed E-state index contributed by atoms with van der Waals surface area (Å²) in [5.74, 6) is 0.743. The van der Waals surface area contributed by atoms with Gasteiger partial charge in [0.1, 0.15) is 17.5 Å². The number of likely N-dealkylation sites (N-methyl/N-ethyl adjacent to an activating group) is 1. The molecule has 0 saturated carbocycles. The van der Waals surface area contributed by atoms with Gasteiger partial charge in [0.15, 0.2) is 0 Å². The molecule has 1 aliphatic heterocycles. The molecule has 20 heavy (non-hydrogen) atoms. The molecule has 0 radical (unpaired) electrons. The van der Waals surface area contributed by atoms with Crippen molar-refractivity contribution in [1.29, 1.82) is 0 Å². The van der Waals surface area contributed by atoms with Crippen LogP contribution in [0.3, 0.4) is 0 Å². The maximum Gasteiger partial charge on any atom is 0.126 e. The van der Waals surface area contributed by atoms with Gasteiger partial charge in [-0.2, -0.15) is 0 Å². The zero-order valence-electron chi connectivity index (χ0n) is 12.9. The Bertz CT molecular complexity index is 497. The number of ether oxygens (including phenoxy) is 1. The molecular formula is C16H24ClNO2. The maximum absolute atomic E-state index is 10.8. The number of hydrogen-bond acceptors (Lipinski definition) is 3. The first kappa shape index (κ1) is 15.6. The van der Waals surface area contributed by atoms with Crippen molar-refractivity contribution in [1.82, 2.24) is 4.90 Å². The second kappa shape index (κ2) is 5.55. The number of benzene rings is 1. The zero-order valence-corrected chi connectivity index (χ0v) is 13.7. The molecule has 1 aromatic carbocycles. The van der Waals surface area contributed by atoms with Gasteiger partial charge in [0.25, 0.3) is 0 Å². The van der Waals surface area contributed by atoms with Gasteiger partial charge in [0.05, 0.1) is 6.04 Å². The minimum absolute atomic E-state index is 0.0798. The Morgan fingerprint density at radius 2 is 1.90 bits per heavy atom. The number of aliphatic hydroxyl groups excluding tert-OH is 1. The van der Waals surface area contributed by atoms with Gasteiger partial charge in [-0.3, -0.25) is 4.90 Å². The van der Waals surface area contributed by atoms with E-state index in [9.17, 15) is 5.11 Å². The topological polar surface area (TPSA) is 32.7 Å².